The Kier molecular flexibility index (Phi) is 9.24. The molecule has 0 saturated carbocycles. The van der Waals surface area contributed by atoms with Gasteiger partial charge in [-0.2, -0.15) is 0 Å². The van der Waals surface area contributed by atoms with Crippen LogP contribution in [0.2, 0.25) is 0 Å². The van der Waals surface area contributed by atoms with Crippen LogP contribution in [0.4, 0.5) is 0 Å². The third-order valence-electron chi connectivity index (χ3n) is 4.81. The van der Waals surface area contributed by atoms with Crippen LogP contribution in [0.5, 0.6) is 0 Å². The Labute approximate surface area is 177 Å². The van der Waals surface area contributed by atoms with Crippen molar-refractivity contribution in [2.45, 2.75) is 32.7 Å². The Morgan fingerprint density at radius 2 is 1.50 bits per heavy atom. The maximum Gasteiger partial charge on any atom is 0.369 e. The molecular formula is C21H30NO7P. The number of nitrogens with zero attached hydrogens (tertiary/aromatic N) is 1. The van der Waals surface area contributed by atoms with Crippen LogP contribution in [0.1, 0.15) is 38.3 Å². The van der Waals surface area contributed by atoms with E-state index in [1.54, 1.807) is 13.8 Å². The number of carbonyl (C=O) groups is 2. The van der Waals surface area contributed by atoms with Gasteiger partial charge < -0.3 is 18.5 Å². The van der Waals surface area contributed by atoms with Crippen LogP contribution in [0.3, 0.4) is 0 Å². The van der Waals surface area contributed by atoms with E-state index in [-0.39, 0.29) is 18.8 Å². The van der Waals surface area contributed by atoms with E-state index in [0.29, 0.717) is 13.1 Å². The van der Waals surface area contributed by atoms with Crippen LogP contribution in [-0.4, -0.2) is 57.4 Å². The highest BCUT2D eigenvalue weighted by Crippen LogP contribution is 2.59. The van der Waals surface area contributed by atoms with Gasteiger partial charge in [-0.15, -0.1) is 0 Å². The van der Waals surface area contributed by atoms with Gasteiger partial charge in [0.1, 0.15) is 0 Å². The Balaban J connectivity index is 2.86. The molecule has 2 rings (SSSR count). The number of methoxy groups -OCH3 is 2. The molecule has 1 fully saturated rings. The van der Waals surface area contributed by atoms with Crippen LogP contribution in [0, 0.1) is 0 Å². The fraction of sp³-hybridized carbons (Fsp3) is 0.524. The van der Waals surface area contributed by atoms with Gasteiger partial charge in [-0.3, -0.25) is 9.46 Å². The lowest BCUT2D eigenvalue weighted by molar-refractivity contribution is -0.139. The van der Waals surface area contributed by atoms with Crippen molar-refractivity contribution < 1.29 is 32.7 Å². The third-order valence-corrected chi connectivity index (χ3v) is 6.97. The van der Waals surface area contributed by atoms with Crippen LogP contribution >= 0.6 is 7.60 Å². The summed E-state index contributed by atoms with van der Waals surface area (Å²) in [5, 5.41) is -0.415. The van der Waals surface area contributed by atoms with Crippen molar-refractivity contribution in [1.82, 2.24) is 4.90 Å². The lowest BCUT2D eigenvalue weighted by Crippen LogP contribution is -2.32. The van der Waals surface area contributed by atoms with Crippen LogP contribution in [0.15, 0.2) is 41.2 Å². The minimum absolute atomic E-state index is 0.0198. The second kappa shape index (κ2) is 11.4. The van der Waals surface area contributed by atoms with Gasteiger partial charge >= 0.3 is 19.5 Å². The number of likely N-dealkylation sites (tertiary alicyclic amines) is 1. The number of rotatable bonds is 10. The molecule has 0 aliphatic carbocycles. The predicted octanol–water partition coefficient (Wildman–Crippen LogP) is 3.69. The molecule has 1 aromatic rings. The van der Waals surface area contributed by atoms with Crippen LogP contribution < -0.4 is 0 Å². The lowest BCUT2D eigenvalue weighted by atomic mass is 9.96. The Morgan fingerprint density at radius 3 is 1.97 bits per heavy atom. The molecule has 1 saturated heterocycles. The van der Waals surface area contributed by atoms with Crippen molar-refractivity contribution >= 4 is 19.5 Å². The first-order chi connectivity index (χ1) is 14.4. The van der Waals surface area contributed by atoms with E-state index in [9.17, 15) is 14.2 Å². The molecule has 1 aliphatic rings. The van der Waals surface area contributed by atoms with E-state index in [1.165, 1.54) is 7.11 Å². The molecule has 0 amide bonds. The zero-order chi connectivity index (χ0) is 22.1. The Hall–Kier alpha value is -1.99. The van der Waals surface area contributed by atoms with Crippen LogP contribution in [0.25, 0.3) is 0 Å². The molecule has 30 heavy (non-hydrogen) atoms. The summed E-state index contributed by atoms with van der Waals surface area (Å²) in [7, 11) is -1.78. The van der Waals surface area contributed by atoms with E-state index in [0.717, 1.165) is 25.5 Å². The Bertz CT molecular complexity index is 793. The second-order valence-corrected chi connectivity index (χ2v) is 8.59. The van der Waals surface area contributed by atoms with Gasteiger partial charge in [0.2, 0.25) is 0 Å². The largest absolute Gasteiger partial charge is 0.466 e. The minimum atomic E-state index is -4.16. The van der Waals surface area contributed by atoms with Crippen molar-refractivity contribution in [1.29, 1.82) is 0 Å². The number of carbonyl (C=O) groups excluding carboxylic acids is 2. The first-order valence-electron chi connectivity index (χ1n) is 10.0. The highest BCUT2D eigenvalue weighted by molar-refractivity contribution is 7.60. The van der Waals surface area contributed by atoms with Gasteiger partial charge in [-0.05, 0) is 45.3 Å². The molecule has 8 nitrogen and oxygen atoms in total. The van der Waals surface area contributed by atoms with Crippen molar-refractivity contribution in [3.63, 3.8) is 0 Å². The number of ether oxygens (including phenoxy) is 2. The zero-order valence-electron chi connectivity index (χ0n) is 18.0. The van der Waals surface area contributed by atoms with E-state index in [2.05, 4.69) is 4.90 Å². The lowest BCUT2D eigenvalue weighted by Gasteiger charge is -2.31. The van der Waals surface area contributed by atoms with Crippen molar-refractivity contribution in [3.8, 4) is 0 Å². The maximum absolute atomic E-state index is 13.7. The van der Waals surface area contributed by atoms with E-state index < -0.39 is 30.9 Å². The highest BCUT2D eigenvalue weighted by atomic mass is 31.2. The molecule has 1 heterocycles. The number of benzene rings is 1. The predicted molar refractivity (Wildman–Crippen MR) is 112 cm³/mol. The maximum atomic E-state index is 13.7. The summed E-state index contributed by atoms with van der Waals surface area (Å²) in [6.45, 7) is 4.73. The summed E-state index contributed by atoms with van der Waals surface area (Å²) in [5.41, 5.74) is 0.684. The molecule has 0 spiro atoms. The number of hydrogen-bond donors (Lipinski definition) is 0. The SMILES string of the molecule is CCOP(=O)(OCC)/C(C(=O)OC)=C(\C(=O)OC)C(c1ccccc1)N1CCCC1. The van der Waals surface area contributed by atoms with E-state index in [1.807, 2.05) is 30.3 Å². The first-order valence-corrected chi connectivity index (χ1v) is 11.6. The summed E-state index contributed by atoms with van der Waals surface area (Å²) >= 11 is 0. The third kappa shape index (κ3) is 5.38. The molecular weight excluding hydrogens is 409 g/mol. The van der Waals surface area contributed by atoms with Gasteiger partial charge in [0, 0.05) is 0 Å². The van der Waals surface area contributed by atoms with Crippen molar-refractivity contribution in [3.05, 3.63) is 46.8 Å². The normalized spacial score (nSPS) is 16.7. The number of hydrogen-bond acceptors (Lipinski definition) is 8. The van der Waals surface area contributed by atoms with Crippen molar-refractivity contribution in [2.24, 2.45) is 0 Å². The average Bonchev–Trinajstić information content (AvgIpc) is 3.28. The fourth-order valence-electron chi connectivity index (χ4n) is 3.62. The molecule has 0 aromatic heterocycles. The standard InChI is InChI=1S/C21H30NO7P/c1-5-28-30(25,29-6-2)19(21(24)27-4)17(20(23)26-3)18(22-14-10-11-15-22)16-12-8-7-9-13-16/h7-9,12-13,18H,5-6,10-11,14-15H2,1-4H3/b19-17-. The highest BCUT2D eigenvalue weighted by Gasteiger charge is 2.45. The van der Waals surface area contributed by atoms with Crippen LogP contribution in [-0.2, 0) is 32.7 Å². The number of esters is 2. The second-order valence-electron chi connectivity index (χ2n) is 6.63. The molecule has 166 valence electrons. The first kappa shape index (κ1) is 24.3. The minimum Gasteiger partial charge on any atom is -0.466 e. The fourth-order valence-corrected chi connectivity index (χ4v) is 5.45. The van der Waals surface area contributed by atoms with Gasteiger partial charge in [-0.25, -0.2) is 9.59 Å². The summed E-state index contributed by atoms with van der Waals surface area (Å²) in [6.07, 6.45) is 1.89. The smallest absolute Gasteiger partial charge is 0.369 e. The molecule has 0 N–H and O–H groups in total. The van der Waals surface area contributed by atoms with Gasteiger partial charge in [-0.1, -0.05) is 30.3 Å². The van der Waals surface area contributed by atoms with Gasteiger partial charge in [0.15, 0.2) is 5.31 Å². The Morgan fingerprint density at radius 1 is 0.967 bits per heavy atom. The topological polar surface area (TPSA) is 91.4 Å². The summed E-state index contributed by atoms with van der Waals surface area (Å²) in [5.74, 6) is -1.73. The van der Waals surface area contributed by atoms with E-state index >= 15 is 0 Å². The molecule has 1 aliphatic heterocycles. The quantitative estimate of drug-likeness (QED) is 0.310. The average molecular weight is 439 g/mol. The van der Waals surface area contributed by atoms with Gasteiger partial charge in [0.05, 0.1) is 39.0 Å². The molecule has 1 aromatic carbocycles. The summed E-state index contributed by atoms with van der Waals surface area (Å²) in [6, 6.07) is 8.59. The molecule has 1 atom stereocenters. The molecule has 0 bridgehead atoms. The monoisotopic (exact) mass is 439 g/mol. The zero-order valence-corrected chi connectivity index (χ0v) is 18.9. The summed E-state index contributed by atoms with van der Waals surface area (Å²) in [4.78, 5) is 28.0. The molecule has 1 unspecified atom stereocenters. The van der Waals surface area contributed by atoms with Gasteiger partial charge in [0.25, 0.3) is 0 Å². The molecule has 9 heteroatoms. The van der Waals surface area contributed by atoms with Crippen molar-refractivity contribution in [2.75, 3.05) is 40.5 Å². The van der Waals surface area contributed by atoms with E-state index in [4.69, 9.17) is 18.5 Å². The summed E-state index contributed by atoms with van der Waals surface area (Å²) < 4.78 is 34.5. The molecule has 0 radical (unpaired) electrons.